The number of para-hydroxylation sites is 1. The quantitative estimate of drug-likeness (QED) is 0.244. The molecule has 0 saturated heterocycles. The van der Waals surface area contributed by atoms with E-state index in [1.54, 1.807) is 48.8 Å². The Labute approximate surface area is 230 Å². The van der Waals surface area contributed by atoms with Crippen LogP contribution in [0.1, 0.15) is 0 Å². The summed E-state index contributed by atoms with van der Waals surface area (Å²) < 4.78 is 31.2. The van der Waals surface area contributed by atoms with E-state index in [2.05, 4.69) is 50.3 Å². The van der Waals surface area contributed by atoms with Gasteiger partial charge in [-0.3, -0.25) is 9.71 Å². The van der Waals surface area contributed by atoms with Crippen molar-refractivity contribution in [3.8, 4) is 11.3 Å². The van der Waals surface area contributed by atoms with Crippen molar-refractivity contribution in [2.75, 3.05) is 10.0 Å². The average Bonchev–Trinajstić information content (AvgIpc) is 3.42. The van der Waals surface area contributed by atoms with Gasteiger partial charge in [0.05, 0.1) is 16.9 Å². The minimum atomic E-state index is -3.88. The van der Waals surface area contributed by atoms with Gasteiger partial charge in [-0.15, -0.1) is 0 Å². The monoisotopic (exact) mass is 542 g/mol. The van der Waals surface area contributed by atoms with Crippen molar-refractivity contribution in [3.63, 3.8) is 0 Å². The smallest absolute Gasteiger partial charge is 0.264 e. The van der Waals surface area contributed by atoms with Crippen molar-refractivity contribution in [1.82, 2.24) is 19.4 Å². The lowest BCUT2D eigenvalue weighted by atomic mass is 10.1. The molecule has 0 spiro atoms. The van der Waals surface area contributed by atoms with E-state index in [0.717, 1.165) is 22.0 Å². The molecular formula is C31H22N6O2S. The number of hydrogen-bond donors (Lipinski definition) is 2. The van der Waals surface area contributed by atoms with E-state index in [9.17, 15) is 8.42 Å². The zero-order valence-electron chi connectivity index (χ0n) is 21.1. The van der Waals surface area contributed by atoms with Crippen LogP contribution in [0, 0.1) is 0 Å². The Morgan fingerprint density at radius 1 is 0.700 bits per heavy atom. The molecule has 7 rings (SSSR count). The van der Waals surface area contributed by atoms with Crippen molar-refractivity contribution in [3.05, 3.63) is 122 Å². The molecule has 0 aliphatic carbocycles. The van der Waals surface area contributed by atoms with Gasteiger partial charge in [0.1, 0.15) is 4.90 Å². The molecule has 2 N–H and O–H groups in total. The Balaban J connectivity index is 1.19. The first kappa shape index (κ1) is 23.8. The molecule has 0 aliphatic heterocycles. The molecule has 9 heteroatoms. The summed E-state index contributed by atoms with van der Waals surface area (Å²) in [7, 11) is -3.88. The molecule has 0 fully saturated rings. The Morgan fingerprint density at radius 3 is 2.42 bits per heavy atom. The van der Waals surface area contributed by atoms with Crippen molar-refractivity contribution < 1.29 is 8.42 Å². The Kier molecular flexibility index (Phi) is 5.64. The van der Waals surface area contributed by atoms with Crippen molar-refractivity contribution in [2.24, 2.45) is 0 Å². The van der Waals surface area contributed by atoms with Gasteiger partial charge in [-0.25, -0.2) is 18.4 Å². The highest BCUT2D eigenvalue weighted by molar-refractivity contribution is 7.93. The summed E-state index contributed by atoms with van der Waals surface area (Å²) >= 11 is 0. The summed E-state index contributed by atoms with van der Waals surface area (Å²) in [5.41, 5.74) is 3.97. The van der Waals surface area contributed by atoms with Crippen LogP contribution in [0.2, 0.25) is 0 Å². The average molecular weight is 543 g/mol. The maximum atomic E-state index is 13.3. The van der Waals surface area contributed by atoms with Crippen LogP contribution in [0.15, 0.2) is 127 Å². The highest BCUT2D eigenvalue weighted by Crippen LogP contribution is 2.28. The number of nitrogens with one attached hydrogen (secondary N) is 2. The SMILES string of the molecule is O=S(=O)(Nc1cccc(Nc2nccn3cc(-c4ccc5ccccc5c4)nc23)c1)c1cccc2cccnc12. The fourth-order valence-electron chi connectivity index (χ4n) is 4.80. The number of fused-ring (bicyclic) bond motifs is 3. The predicted octanol–water partition coefficient (Wildman–Crippen LogP) is 6.64. The van der Waals surface area contributed by atoms with Crippen LogP contribution in [-0.4, -0.2) is 27.8 Å². The van der Waals surface area contributed by atoms with Gasteiger partial charge in [0.15, 0.2) is 11.5 Å². The van der Waals surface area contributed by atoms with E-state index >= 15 is 0 Å². The Bertz CT molecular complexity index is 2150. The first-order valence-electron chi connectivity index (χ1n) is 12.6. The lowest BCUT2D eigenvalue weighted by molar-refractivity contribution is 0.602. The van der Waals surface area contributed by atoms with Crippen molar-refractivity contribution in [2.45, 2.75) is 4.90 Å². The summed E-state index contributed by atoms with van der Waals surface area (Å²) in [4.78, 5) is 13.8. The van der Waals surface area contributed by atoms with Gasteiger partial charge in [-0.1, -0.05) is 60.7 Å². The second-order valence-corrected chi connectivity index (χ2v) is 11.0. The second-order valence-electron chi connectivity index (χ2n) is 9.34. The van der Waals surface area contributed by atoms with Gasteiger partial charge in [0.25, 0.3) is 10.0 Å². The molecule has 0 bridgehead atoms. The number of nitrogens with zero attached hydrogens (tertiary/aromatic N) is 4. The van der Waals surface area contributed by atoms with Crippen LogP contribution in [0.25, 0.3) is 38.6 Å². The molecule has 3 heterocycles. The molecule has 0 saturated carbocycles. The zero-order valence-corrected chi connectivity index (χ0v) is 21.9. The number of anilines is 3. The molecule has 0 atom stereocenters. The minimum Gasteiger partial charge on any atom is -0.337 e. The molecule has 0 amide bonds. The van der Waals surface area contributed by atoms with E-state index in [-0.39, 0.29) is 4.90 Å². The van der Waals surface area contributed by atoms with Crippen LogP contribution < -0.4 is 10.0 Å². The molecular weight excluding hydrogens is 520 g/mol. The van der Waals surface area contributed by atoms with Crippen molar-refractivity contribution >= 4 is 54.5 Å². The summed E-state index contributed by atoms with van der Waals surface area (Å²) in [6, 6.07) is 30.2. The van der Waals surface area contributed by atoms with E-state index in [1.807, 2.05) is 47.1 Å². The van der Waals surface area contributed by atoms with Crippen LogP contribution in [0.3, 0.4) is 0 Å². The third kappa shape index (κ3) is 4.38. The zero-order chi connectivity index (χ0) is 27.1. The first-order chi connectivity index (χ1) is 19.5. The topological polar surface area (TPSA) is 101 Å². The molecule has 0 aliphatic rings. The first-order valence-corrected chi connectivity index (χ1v) is 14.1. The normalized spacial score (nSPS) is 11.7. The molecule has 40 heavy (non-hydrogen) atoms. The van der Waals surface area contributed by atoms with Gasteiger partial charge in [-0.05, 0) is 47.2 Å². The van der Waals surface area contributed by atoms with E-state index in [1.165, 1.54) is 5.39 Å². The lowest BCUT2D eigenvalue weighted by Gasteiger charge is -2.12. The third-order valence-electron chi connectivity index (χ3n) is 6.68. The molecule has 0 radical (unpaired) electrons. The summed E-state index contributed by atoms with van der Waals surface area (Å²) in [6.07, 6.45) is 7.09. The van der Waals surface area contributed by atoms with Gasteiger partial charge >= 0.3 is 0 Å². The number of sulfonamides is 1. The van der Waals surface area contributed by atoms with Gasteiger partial charge in [0.2, 0.25) is 0 Å². The summed E-state index contributed by atoms with van der Waals surface area (Å²) in [5, 5.41) is 6.37. The van der Waals surface area contributed by atoms with Crippen molar-refractivity contribution in [1.29, 1.82) is 0 Å². The number of rotatable bonds is 6. The minimum absolute atomic E-state index is 0.119. The number of pyridine rings is 1. The standard InChI is InChI=1S/C31H22N6O2S/c38-40(39,28-12-3-8-22-9-5-15-32-29(22)28)36-26-11-4-10-25(19-26)34-30-31-35-27(20-37(31)17-16-33-30)24-14-13-21-6-1-2-7-23(21)18-24/h1-20,36H,(H,33,34). The van der Waals surface area contributed by atoms with E-state index < -0.39 is 10.0 Å². The van der Waals surface area contributed by atoms with Gasteiger partial charge in [-0.2, -0.15) is 0 Å². The molecule has 7 aromatic rings. The predicted molar refractivity (Wildman–Crippen MR) is 158 cm³/mol. The maximum Gasteiger partial charge on any atom is 0.264 e. The summed E-state index contributed by atoms with van der Waals surface area (Å²) in [6.45, 7) is 0. The van der Waals surface area contributed by atoms with Crippen LogP contribution in [0.4, 0.5) is 17.2 Å². The highest BCUT2D eigenvalue weighted by atomic mass is 32.2. The fraction of sp³-hybridized carbons (Fsp3) is 0. The molecule has 3 aromatic heterocycles. The lowest BCUT2D eigenvalue weighted by Crippen LogP contribution is -2.14. The fourth-order valence-corrected chi connectivity index (χ4v) is 6.03. The summed E-state index contributed by atoms with van der Waals surface area (Å²) in [5.74, 6) is 0.549. The second kappa shape index (κ2) is 9.48. The largest absolute Gasteiger partial charge is 0.337 e. The number of hydrogen-bond acceptors (Lipinski definition) is 6. The number of benzene rings is 4. The van der Waals surface area contributed by atoms with Crippen LogP contribution in [-0.2, 0) is 10.0 Å². The Hall–Kier alpha value is -5.28. The van der Waals surface area contributed by atoms with Gasteiger partial charge < -0.3 is 9.72 Å². The maximum absolute atomic E-state index is 13.3. The Morgan fingerprint density at radius 2 is 1.50 bits per heavy atom. The highest BCUT2D eigenvalue weighted by Gasteiger charge is 2.19. The van der Waals surface area contributed by atoms with Gasteiger partial charge in [0, 0.05) is 41.4 Å². The third-order valence-corrected chi connectivity index (χ3v) is 8.10. The van der Waals surface area contributed by atoms with E-state index in [4.69, 9.17) is 4.98 Å². The molecule has 194 valence electrons. The van der Waals surface area contributed by atoms with Crippen LogP contribution >= 0.6 is 0 Å². The molecule has 8 nitrogen and oxygen atoms in total. The number of imidazole rings is 1. The molecule has 4 aromatic carbocycles. The number of aromatic nitrogens is 4. The van der Waals surface area contributed by atoms with E-state index in [0.29, 0.717) is 28.4 Å². The van der Waals surface area contributed by atoms with Crippen LogP contribution in [0.5, 0.6) is 0 Å². The molecule has 0 unspecified atom stereocenters.